The van der Waals surface area contributed by atoms with E-state index < -0.39 is 0 Å². The topological polar surface area (TPSA) is 21.3 Å². The second-order valence-electron chi connectivity index (χ2n) is 4.78. The van der Waals surface area contributed by atoms with Gasteiger partial charge in [-0.15, -0.1) is 0 Å². The number of rotatable bonds is 6. The third-order valence-corrected chi connectivity index (χ3v) is 4.70. The van der Waals surface area contributed by atoms with Crippen molar-refractivity contribution in [2.75, 3.05) is 19.4 Å². The van der Waals surface area contributed by atoms with Crippen LogP contribution >= 0.6 is 11.8 Å². The van der Waals surface area contributed by atoms with E-state index in [0.29, 0.717) is 6.04 Å². The highest BCUT2D eigenvalue weighted by Gasteiger charge is 2.23. The highest BCUT2D eigenvalue weighted by Crippen LogP contribution is 2.26. The van der Waals surface area contributed by atoms with Gasteiger partial charge in [-0.25, -0.2) is 0 Å². The maximum absolute atomic E-state index is 5.70. The zero-order chi connectivity index (χ0) is 12.6. The molecule has 0 bridgehead atoms. The van der Waals surface area contributed by atoms with Gasteiger partial charge in [0.25, 0.3) is 0 Å². The number of para-hydroxylation sites is 1. The zero-order valence-electron chi connectivity index (χ0n) is 11.1. The minimum absolute atomic E-state index is 0.674. The molecule has 0 aliphatic heterocycles. The van der Waals surface area contributed by atoms with E-state index in [2.05, 4.69) is 11.6 Å². The largest absolute Gasteiger partial charge is 0.492 e. The zero-order valence-corrected chi connectivity index (χ0v) is 11.9. The molecule has 18 heavy (non-hydrogen) atoms. The maximum Gasteiger partial charge on any atom is 0.119 e. The quantitative estimate of drug-likeness (QED) is 0.797. The lowest BCUT2D eigenvalue weighted by Crippen LogP contribution is -2.42. The SMILES string of the molecule is CSC1CCCCC1NCCOc1ccccc1. The maximum atomic E-state index is 5.70. The Morgan fingerprint density at radius 1 is 1.22 bits per heavy atom. The lowest BCUT2D eigenvalue weighted by atomic mass is 9.95. The summed E-state index contributed by atoms with van der Waals surface area (Å²) in [5, 5.41) is 4.43. The third kappa shape index (κ3) is 4.21. The van der Waals surface area contributed by atoms with Crippen LogP contribution in [0.2, 0.25) is 0 Å². The minimum atomic E-state index is 0.674. The van der Waals surface area contributed by atoms with E-state index in [9.17, 15) is 0 Å². The van der Waals surface area contributed by atoms with Gasteiger partial charge in [0.15, 0.2) is 0 Å². The Morgan fingerprint density at radius 2 is 2.00 bits per heavy atom. The molecule has 2 atom stereocenters. The van der Waals surface area contributed by atoms with Gasteiger partial charge in [-0.05, 0) is 31.2 Å². The number of thioether (sulfide) groups is 1. The van der Waals surface area contributed by atoms with E-state index in [1.165, 1.54) is 25.7 Å². The van der Waals surface area contributed by atoms with Crippen LogP contribution in [0.3, 0.4) is 0 Å². The van der Waals surface area contributed by atoms with E-state index in [0.717, 1.165) is 24.2 Å². The molecule has 1 aromatic carbocycles. The monoisotopic (exact) mass is 265 g/mol. The first-order valence-corrected chi connectivity index (χ1v) is 8.13. The smallest absolute Gasteiger partial charge is 0.119 e. The molecule has 0 saturated heterocycles. The molecule has 1 saturated carbocycles. The lowest BCUT2D eigenvalue weighted by molar-refractivity contribution is 0.292. The third-order valence-electron chi connectivity index (χ3n) is 3.53. The van der Waals surface area contributed by atoms with Gasteiger partial charge < -0.3 is 10.1 Å². The first kappa shape index (κ1) is 13.8. The molecule has 0 spiro atoms. The van der Waals surface area contributed by atoms with Crippen molar-refractivity contribution in [3.8, 4) is 5.75 Å². The van der Waals surface area contributed by atoms with Crippen LogP contribution in [0.1, 0.15) is 25.7 Å². The summed E-state index contributed by atoms with van der Waals surface area (Å²) in [4.78, 5) is 0. The van der Waals surface area contributed by atoms with Gasteiger partial charge in [-0.1, -0.05) is 31.0 Å². The average molecular weight is 265 g/mol. The molecule has 1 aliphatic carbocycles. The van der Waals surface area contributed by atoms with Gasteiger partial charge in [0.2, 0.25) is 0 Å². The summed E-state index contributed by atoms with van der Waals surface area (Å²) in [7, 11) is 0. The Hall–Kier alpha value is -0.670. The molecule has 100 valence electrons. The Morgan fingerprint density at radius 3 is 2.78 bits per heavy atom. The Bertz CT molecular complexity index is 331. The van der Waals surface area contributed by atoms with Crippen LogP contribution in [0.25, 0.3) is 0 Å². The molecule has 0 radical (unpaired) electrons. The van der Waals surface area contributed by atoms with Crippen molar-refractivity contribution < 1.29 is 4.74 Å². The lowest BCUT2D eigenvalue weighted by Gasteiger charge is -2.31. The first-order chi connectivity index (χ1) is 8.90. The van der Waals surface area contributed by atoms with Gasteiger partial charge in [0, 0.05) is 17.8 Å². The summed E-state index contributed by atoms with van der Waals surface area (Å²) in [5.74, 6) is 0.962. The van der Waals surface area contributed by atoms with Gasteiger partial charge >= 0.3 is 0 Å². The van der Waals surface area contributed by atoms with E-state index in [1.54, 1.807) is 0 Å². The summed E-state index contributed by atoms with van der Waals surface area (Å²) < 4.78 is 5.70. The van der Waals surface area contributed by atoms with Crippen molar-refractivity contribution in [1.82, 2.24) is 5.32 Å². The molecule has 1 N–H and O–H groups in total. The fraction of sp³-hybridized carbons (Fsp3) is 0.600. The van der Waals surface area contributed by atoms with Crippen molar-refractivity contribution in [3.63, 3.8) is 0 Å². The Kier molecular flexibility index (Phi) is 5.88. The van der Waals surface area contributed by atoms with Gasteiger partial charge in [-0.3, -0.25) is 0 Å². The summed E-state index contributed by atoms with van der Waals surface area (Å²) in [6, 6.07) is 10.7. The summed E-state index contributed by atoms with van der Waals surface area (Å²) >= 11 is 2.00. The molecule has 2 rings (SSSR count). The highest BCUT2D eigenvalue weighted by atomic mass is 32.2. The summed E-state index contributed by atoms with van der Waals surface area (Å²) in [6.07, 6.45) is 7.67. The van der Waals surface area contributed by atoms with Crippen molar-refractivity contribution in [2.45, 2.75) is 37.0 Å². The van der Waals surface area contributed by atoms with Gasteiger partial charge in [0.05, 0.1) is 0 Å². The first-order valence-electron chi connectivity index (χ1n) is 6.84. The Labute approximate surface area is 114 Å². The summed E-state index contributed by atoms with van der Waals surface area (Å²) in [5.41, 5.74) is 0. The number of hydrogen-bond donors (Lipinski definition) is 1. The van der Waals surface area contributed by atoms with Gasteiger partial charge in [0.1, 0.15) is 12.4 Å². The number of hydrogen-bond acceptors (Lipinski definition) is 3. The van der Waals surface area contributed by atoms with Crippen LogP contribution in [0, 0.1) is 0 Å². The highest BCUT2D eigenvalue weighted by molar-refractivity contribution is 7.99. The molecule has 3 heteroatoms. The summed E-state index contributed by atoms with van der Waals surface area (Å²) in [6.45, 7) is 1.69. The molecular formula is C15H23NOS. The van der Waals surface area contributed by atoms with Crippen LogP contribution in [-0.4, -0.2) is 30.7 Å². The fourth-order valence-electron chi connectivity index (χ4n) is 2.54. The van der Waals surface area contributed by atoms with Crippen molar-refractivity contribution in [3.05, 3.63) is 30.3 Å². The molecule has 2 nitrogen and oxygen atoms in total. The van der Waals surface area contributed by atoms with E-state index in [1.807, 2.05) is 42.1 Å². The van der Waals surface area contributed by atoms with Crippen molar-refractivity contribution in [1.29, 1.82) is 0 Å². The van der Waals surface area contributed by atoms with Crippen LogP contribution in [0.15, 0.2) is 30.3 Å². The van der Waals surface area contributed by atoms with E-state index in [4.69, 9.17) is 4.74 Å². The van der Waals surface area contributed by atoms with Crippen LogP contribution in [0.5, 0.6) is 5.75 Å². The molecule has 1 aromatic rings. The van der Waals surface area contributed by atoms with Gasteiger partial charge in [-0.2, -0.15) is 11.8 Å². The number of ether oxygens (including phenoxy) is 1. The van der Waals surface area contributed by atoms with Crippen LogP contribution < -0.4 is 10.1 Å². The van der Waals surface area contributed by atoms with E-state index >= 15 is 0 Å². The molecule has 0 aromatic heterocycles. The fourth-order valence-corrected chi connectivity index (χ4v) is 3.51. The molecule has 0 amide bonds. The minimum Gasteiger partial charge on any atom is -0.492 e. The molecule has 1 aliphatic rings. The Balaban J connectivity index is 1.65. The number of benzene rings is 1. The average Bonchev–Trinajstić information content (AvgIpc) is 2.45. The molecular weight excluding hydrogens is 242 g/mol. The van der Waals surface area contributed by atoms with Crippen LogP contribution in [0.4, 0.5) is 0 Å². The normalized spacial score (nSPS) is 23.8. The second-order valence-corrected chi connectivity index (χ2v) is 5.86. The predicted octanol–water partition coefficient (Wildman–Crippen LogP) is 3.33. The molecule has 0 heterocycles. The second kappa shape index (κ2) is 7.70. The standard InChI is InChI=1S/C15H23NOS/c1-18-15-10-6-5-9-14(15)16-11-12-17-13-7-3-2-4-8-13/h2-4,7-8,14-16H,5-6,9-12H2,1H3. The number of nitrogens with one attached hydrogen (secondary N) is 1. The van der Waals surface area contributed by atoms with Crippen molar-refractivity contribution >= 4 is 11.8 Å². The molecule has 2 unspecified atom stereocenters. The molecule has 1 fully saturated rings. The van der Waals surface area contributed by atoms with Crippen molar-refractivity contribution in [2.24, 2.45) is 0 Å². The predicted molar refractivity (Wildman–Crippen MR) is 79.5 cm³/mol. The van der Waals surface area contributed by atoms with E-state index in [-0.39, 0.29) is 0 Å². The van der Waals surface area contributed by atoms with Crippen LogP contribution in [-0.2, 0) is 0 Å².